The van der Waals surface area contributed by atoms with Gasteiger partial charge in [0, 0.05) is 13.0 Å². The van der Waals surface area contributed by atoms with Crippen molar-refractivity contribution in [1.82, 2.24) is 0 Å². The molecule has 0 saturated heterocycles. The first-order valence-corrected chi connectivity index (χ1v) is 4.44. The Hall–Kier alpha value is -0.370. The number of carbonyl (C=O) groups excluding carboxylic acids is 1. The standard InChI is InChI=1S/C10H20O2/c1-8(9(2)11)6-7-10(3,4)12-5/h8H,6-7H2,1-5H3. The highest BCUT2D eigenvalue weighted by Gasteiger charge is 2.18. The molecular formula is C10H20O2. The van der Waals surface area contributed by atoms with Crippen molar-refractivity contribution < 1.29 is 9.53 Å². The van der Waals surface area contributed by atoms with Gasteiger partial charge in [-0.1, -0.05) is 6.92 Å². The topological polar surface area (TPSA) is 26.3 Å². The molecule has 72 valence electrons. The zero-order valence-electron chi connectivity index (χ0n) is 8.81. The smallest absolute Gasteiger partial charge is 0.132 e. The van der Waals surface area contributed by atoms with Crippen LogP contribution in [0.1, 0.15) is 40.5 Å². The van der Waals surface area contributed by atoms with E-state index in [1.807, 2.05) is 20.8 Å². The van der Waals surface area contributed by atoms with E-state index in [1.165, 1.54) is 0 Å². The highest BCUT2D eigenvalue weighted by molar-refractivity contribution is 5.77. The second kappa shape index (κ2) is 4.61. The van der Waals surface area contributed by atoms with Crippen molar-refractivity contribution in [3.8, 4) is 0 Å². The zero-order valence-corrected chi connectivity index (χ0v) is 8.81. The fourth-order valence-corrected chi connectivity index (χ4v) is 0.869. The average molecular weight is 172 g/mol. The maximum absolute atomic E-state index is 10.9. The lowest BCUT2D eigenvalue weighted by Gasteiger charge is -2.23. The molecule has 0 aliphatic carbocycles. The Balaban J connectivity index is 3.75. The number of Topliss-reactive ketones (excluding diaryl/α,β-unsaturated/α-hetero) is 1. The number of hydrogen-bond acceptors (Lipinski definition) is 2. The first-order chi connectivity index (χ1) is 5.39. The summed E-state index contributed by atoms with van der Waals surface area (Å²) in [5, 5.41) is 0. The summed E-state index contributed by atoms with van der Waals surface area (Å²) in [7, 11) is 1.71. The van der Waals surface area contributed by atoms with E-state index in [0.717, 1.165) is 12.8 Å². The van der Waals surface area contributed by atoms with Gasteiger partial charge in [-0.3, -0.25) is 4.79 Å². The molecular weight excluding hydrogens is 152 g/mol. The van der Waals surface area contributed by atoms with Gasteiger partial charge in [0.05, 0.1) is 5.60 Å². The van der Waals surface area contributed by atoms with E-state index in [2.05, 4.69) is 0 Å². The molecule has 0 N–H and O–H groups in total. The summed E-state index contributed by atoms with van der Waals surface area (Å²) in [4.78, 5) is 10.9. The molecule has 1 atom stereocenters. The van der Waals surface area contributed by atoms with E-state index < -0.39 is 0 Å². The predicted molar refractivity (Wildman–Crippen MR) is 50.2 cm³/mol. The number of methoxy groups -OCH3 is 1. The molecule has 0 radical (unpaired) electrons. The fraction of sp³-hybridized carbons (Fsp3) is 0.900. The second-order valence-corrected chi connectivity index (χ2v) is 4.01. The van der Waals surface area contributed by atoms with Gasteiger partial charge in [-0.25, -0.2) is 0 Å². The van der Waals surface area contributed by atoms with Gasteiger partial charge < -0.3 is 4.74 Å². The van der Waals surface area contributed by atoms with Crippen molar-refractivity contribution in [2.24, 2.45) is 5.92 Å². The van der Waals surface area contributed by atoms with Crippen LogP contribution in [-0.2, 0) is 9.53 Å². The molecule has 2 heteroatoms. The van der Waals surface area contributed by atoms with Crippen molar-refractivity contribution in [2.75, 3.05) is 7.11 Å². The van der Waals surface area contributed by atoms with Crippen LogP contribution in [-0.4, -0.2) is 18.5 Å². The van der Waals surface area contributed by atoms with Crippen molar-refractivity contribution in [3.63, 3.8) is 0 Å². The summed E-state index contributed by atoms with van der Waals surface area (Å²) in [5.41, 5.74) is -0.0935. The molecule has 0 saturated carbocycles. The Morgan fingerprint density at radius 2 is 2.00 bits per heavy atom. The number of ketones is 1. The number of carbonyl (C=O) groups is 1. The van der Waals surface area contributed by atoms with Crippen LogP contribution in [0.25, 0.3) is 0 Å². The zero-order chi connectivity index (χ0) is 9.78. The Labute approximate surface area is 75.3 Å². The van der Waals surface area contributed by atoms with Crippen LogP contribution in [0.4, 0.5) is 0 Å². The summed E-state index contributed by atoms with van der Waals surface area (Å²) in [6.45, 7) is 7.69. The third-order valence-corrected chi connectivity index (χ3v) is 2.43. The van der Waals surface area contributed by atoms with Gasteiger partial charge in [0.2, 0.25) is 0 Å². The van der Waals surface area contributed by atoms with E-state index in [-0.39, 0.29) is 17.3 Å². The van der Waals surface area contributed by atoms with Gasteiger partial charge in [-0.05, 0) is 33.6 Å². The van der Waals surface area contributed by atoms with Gasteiger partial charge in [-0.15, -0.1) is 0 Å². The van der Waals surface area contributed by atoms with Gasteiger partial charge >= 0.3 is 0 Å². The number of ether oxygens (including phenoxy) is 1. The third kappa shape index (κ3) is 4.50. The Bertz CT molecular complexity index is 150. The maximum atomic E-state index is 10.9. The van der Waals surface area contributed by atoms with Crippen LogP contribution < -0.4 is 0 Å². The fourth-order valence-electron chi connectivity index (χ4n) is 0.869. The van der Waals surface area contributed by atoms with Gasteiger partial charge in [0.15, 0.2) is 0 Å². The largest absolute Gasteiger partial charge is 0.379 e. The minimum atomic E-state index is -0.0935. The van der Waals surface area contributed by atoms with Crippen molar-refractivity contribution in [3.05, 3.63) is 0 Å². The molecule has 0 aliphatic heterocycles. The van der Waals surface area contributed by atoms with Gasteiger partial charge in [0.25, 0.3) is 0 Å². The molecule has 0 fully saturated rings. The lowest BCUT2D eigenvalue weighted by atomic mass is 9.94. The van der Waals surface area contributed by atoms with Crippen molar-refractivity contribution in [2.45, 2.75) is 46.1 Å². The van der Waals surface area contributed by atoms with E-state index in [0.29, 0.717) is 0 Å². The van der Waals surface area contributed by atoms with Gasteiger partial charge in [-0.2, -0.15) is 0 Å². The summed E-state index contributed by atoms with van der Waals surface area (Å²) >= 11 is 0. The molecule has 0 heterocycles. The maximum Gasteiger partial charge on any atom is 0.132 e. The van der Waals surface area contributed by atoms with E-state index in [1.54, 1.807) is 14.0 Å². The SMILES string of the molecule is COC(C)(C)CCC(C)C(C)=O. The first kappa shape index (κ1) is 11.6. The first-order valence-electron chi connectivity index (χ1n) is 4.44. The summed E-state index contributed by atoms with van der Waals surface area (Å²) in [6.07, 6.45) is 1.85. The quantitative estimate of drug-likeness (QED) is 0.636. The predicted octanol–water partition coefficient (Wildman–Crippen LogP) is 2.42. The lowest BCUT2D eigenvalue weighted by Crippen LogP contribution is -2.24. The van der Waals surface area contributed by atoms with Crippen molar-refractivity contribution in [1.29, 1.82) is 0 Å². The summed E-state index contributed by atoms with van der Waals surface area (Å²) in [6, 6.07) is 0. The van der Waals surface area contributed by atoms with E-state index in [9.17, 15) is 4.79 Å². The molecule has 0 aromatic heterocycles. The van der Waals surface area contributed by atoms with Crippen molar-refractivity contribution >= 4 is 5.78 Å². The highest BCUT2D eigenvalue weighted by Crippen LogP contribution is 2.19. The molecule has 12 heavy (non-hydrogen) atoms. The number of hydrogen-bond donors (Lipinski definition) is 0. The minimum Gasteiger partial charge on any atom is -0.379 e. The summed E-state index contributed by atoms with van der Waals surface area (Å²) in [5.74, 6) is 0.432. The van der Waals surface area contributed by atoms with Gasteiger partial charge in [0.1, 0.15) is 5.78 Å². The third-order valence-electron chi connectivity index (χ3n) is 2.43. The molecule has 0 aromatic rings. The summed E-state index contributed by atoms with van der Waals surface area (Å²) < 4.78 is 5.26. The Morgan fingerprint density at radius 1 is 1.50 bits per heavy atom. The van der Waals surface area contributed by atoms with E-state index >= 15 is 0 Å². The van der Waals surface area contributed by atoms with E-state index in [4.69, 9.17) is 4.74 Å². The van der Waals surface area contributed by atoms with Crippen LogP contribution in [0, 0.1) is 5.92 Å². The molecule has 0 spiro atoms. The monoisotopic (exact) mass is 172 g/mol. The Morgan fingerprint density at radius 3 is 2.33 bits per heavy atom. The Kier molecular flexibility index (Phi) is 4.46. The lowest BCUT2D eigenvalue weighted by molar-refractivity contribution is -0.120. The molecule has 0 bridgehead atoms. The van der Waals surface area contributed by atoms with Crippen LogP contribution >= 0.6 is 0 Å². The van der Waals surface area contributed by atoms with Crippen LogP contribution in [0.15, 0.2) is 0 Å². The second-order valence-electron chi connectivity index (χ2n) is 4.01. The molecule has 0 aliphatic rings. The van der Waals surface area contributed by atoms with Crippen LogP contribution in [0.5, 0.6) is 0 Å². The number of rotatable bonds is 5. The molecule has 0 aromatic carbocycles. The molecule has 0 amide bonds. The van der Waals surface area contributed by atoms with Crippen LogP contribution in [0.2, 0.25) is 0 Å². The minimum absolute atomic E-state index is 0.0935. The van der Waals surface area contributed by atoms with Crippen LogP contribution in [0.3, 0.4) is 0 Å². The molecule has 1 unspecified atom stereocenters. The average Bonchev–Trinajstić information content (AvgIpc) is 2.00. The molecule has 0 rings (SSSR count). The normalized spacial score (nSPS) is 14.4. The molecule has 2 nitrogen and oxygen atoms in total. The highest BCUT2D eigenvalue weighted by atomic mass is 16.5.